The predicted molar refractivity (Wildman–Crippen MR) is 61.1 cm³/mol. The highest BCUT2D eigenvalue weighted by Gasteiger charge is 2.39. The highest BCUT2D eigenvalue weighted by Crippen LogP contribution is 2.24. The van der Waals surface area contributed by atoms with Crippen molar-refractivity contribution < 1.29 is 14.6 Å². The number of hydrogen-bond donors (Lipinski definition) is 3. The Morgan fingerprint density at radius 2 is 2.50 bits per heavy atom. The molecule has 1 fully saturated rings. The Hall–Kier alpha value is -0.910. The summed E-state index contributed by atoms with van der Waals surface area (Å²) in [4.78, 5) is 11.4. The van der Waals surface area contributed by atoms with Gasteiger partial charge in [0.15, 0.2) is 0 Å². The Kier molecular flexibility index (Phi) is 4.92. The van der Waals surface area contributed by atoms with Crippen molar-refractivity contribution in [3.63, 3.8) is 0 Å². The third-order valence-corrected chi connectivity index (χ3v) is 2.83. The van der Waals surface area contributed by atoms with E-state index in [1.54, 1.807) is 6.08 Å². The fourth-order valence-corrected chi connectivity index (χ4v) is 1.60. The molecule has 0 bridgehead atoms. The van der Waals surface area contributed by atoms with E-state index in [9.17, 15) is 9.90 Å². The fourth-order valence-electron chi connectivity index (χ4n) is 1.60. The molecule has 0 aromatic carbocycles. The van der Waals surface area contributed by atoms with E-state index < -0.39 is 5.60 Å². The molecule has 5 heteroatoms. The summed E-state index contributed by atoms with van der Waals surface area (Å²) >= 11 is 0. The van der Waals surface area contributed by atoms with Crippen LogP contribution in [0.3, 0.4) is 0 Å². The number of ether oxygens (including phenoxy) is 1. The molecule has 5 nitrogen and oxygen atoms in total. The average Bonchev–Trinajstić information content (AvgIpc) is 2.58. The minimum atomic E-state index is -0.923. The topological polar surface area (TPSA) is 70.6 Å². The van der Waals surface area contributed by atoms with Crippen molar-refractivity contribution in [2.75, 3.05) is 26.2 Å². The van der Waals surface area contributed by atoms with Crippen LogP contribution in [-0.4, -0.2) is 49.0 Å². The number of carbonyl (C=O) groups excluding carboxylic acids is 1. The van der Waals surface area contributed by atoms with Gasteiger partial charge in [-0.3, -0.25) is 4.79 Å². The summed E-state index contributed by atoms with van der Waals surface area (Å²) < 4.78 is 5.27. The highest BCUT2D eigenvalue weighted by atomic mass is 16.5. The first-order valence-corrected chi connectivity index (χ1v) is 5.51. The van der Waals surface area contributed by atoms with Gasteiger partial charge in [0.25, 0.3) is 0 Å². The summed E-state index contributed by atoms with van der Waals surface area (Å²) in [5.74, 6) is -0.130. The van der Waals surface area contributed by atoms with Crippen LogP contribution in [0, 0.1) is 0 Å². The van der Waals surface area contributed by atoms with Gasteiger partial charge in [0.1, 0.15) is 5.60 Å². The van der Waals surface area contributed by atoms with E-state index in [0.717, 1.165) is 0 Å². The highest BCUT2D eigenvalue weighted by molar-refractivity contribution is 5.78. The number of hydrogen-bond acceptors (Lipinski definition) is 4. The summed E-state index contributed by atoms with van der Waals surface area (Å²) in [6, 6.07) is 0. The first-order valence-electron chi connectivity index (χ1n) is 5.51. The zero-order valence-corrected chi connectivity index (χ0v) is 9.66. The summed E-state index contributed by atoms with van der Waals surface area (Å²) in [5.41, 5.74) is -0.923. The molecule has 92 valence electrons. The van der Waals surface area contributed by atoms with Crippen molar-refractivity contribution in [3.8, 4) is 0 Å². The smallest absolute Gasteiger partial charge is 0.234 e. The molecule has 0 saturated carbocycles. The van der Waals surface area contributed by atoms with Gasteiger partial charge < -0.3 is 20.5 Å². The Balaban J connectivity index is 2.23. The lowest BCUT2D eigenvalue weighted by Gasteiger charge is -2.26. The number of aliphatic hydroxyl groups is 1. The van der Waals surface area contributed by atoms with E-state index in [4.69, 9.17) is 4.74 Å². The molecule has 0 radical (unpaired) electrons. The normalized spacial score (nSPS) is 29.0. The molecule has 1 heterocycles. The molecule has 0 aromatic rings. The second-order valence-corrected chi connectivity index (χ2v) is 4.06. The van der Waals surface area contributed by atoms with Crippen LogP contribution in [0.15, 0.2) is 12.7 Å². The van der Waals surface area contributed by atoms with Crippen molar-refractivity contribution in [2.24, 2.45) is 0 Å². The van der Waals surface area contributed by atoms with Gasteiger partial charge in [0, 0.05) is 26.1 Å². The van der Waals surface area contributed by atoms with E-state index in [1.165, 1.54) is 0 Å². The van der Waals surface area contributed by atoms with Gasteiger partial charge in [-0.1, -0.05) is 6.08 Å². The summed E-state index contributed by atoms with van der Waals surface area (Å²) in [6.07, 6.45) is 2.02. The average molecular weight is 228 g/mol. The Labute approximate surface area is 95.9 Å². The lowest BCUT2D eigenvalue weighted by Crippen LogP contribution is -2.49. The summed E-state index contributed by atoms with van der Waals surface area (Å²) in [5, 5.41) is 15.7. The number of amides is 1. The third-order valence-electron chi connectivity index (χ3n) is 2.83. The maximum absolute atomic E-state index is 11.4. The van der Waals surface area contributed by atoms with Gasteiger partial charge in [0.2, 0.25) is 5.91 Å². The minimum absolute atomic E-state index is 0.130. The van der Waals surface area contributed by atoms with Crippen LogP contribution in [0.2, 0.25) is 0 Å². The second kappa shape index (κ2) is 5.98. The predicted octanol–water partition coefficient (Wildman–Crippen LogP) is -0.582. The monoisotopic (exact) mass is 228 g/mol. The van der Waals surface area contributed by atoms with Gasteiger partial charge >= 0.3 is 0 Å². The lowest BCUT2D eigenvalue weighted by molar-refractivity contribution is -0.122. The van der Waals surface area contributed by atoms with Crippen LogP contribution in [0.25, 0.3) is 0 Å². The molecular formula is C11H20N2O3. The first kappa shape index (κ1) is 13.2. The summed E-state index contributed by atoms with van der Waals surface area (Å²) in [6.45, 7) is 6.96. The molecule has 1 aliphatic heterocycles. The Morgan fingerprint density at radius 3 is 3.06 bits per heavy atom. The molecule has 1 saturated heterocycles. The molecule has 0 aliphatic carbocycles. The van der Waals surface area contributed by atoms with Crippen LogP contribution in [0.1, 0.15) is 13.3 Å². The van der Waals surface area contributed by atoms with E-state index in [0.29, 0.717) is 19.6 Å². The van der Waals surface area contributed by atoms with E-state index in [-0.39, 0.29) is 25.1 Å². The molecule has 3 N–H and O–H groups in total. The molecule has 2 unspecified atom stereocenters. The molecule has 16 heavy (non-hydrogen) atoms. The third kappa shape index (κ3) is 3.59. The SMILES string of the molecule is C=CCNCC(=O)NCC1(O)CCOC1C. The lowest BCUT2D eigenvalue weighted by atomic mass is 9.97. The molecular weight excluding hydrogens is 208 g/mol. The van der Waals surface area contributed by atoms with Gasteiger partial charge in [-0.25, -0.2) is 0 Å². The maximum Gasteiger partial charge on any atom is 0.234 e. The fraction of sp³-hybridized carbons (Fsp3) is 0.727. The van der Waals surface area contributed by atoms with Crippen molar-refractivity contribution in [1.29, 1.82) is 0 Å². The largest absolute Gasteiger partial charge is 0.385 e. The van der Waals surface area contributed by atoms with Gasteiger partial charge in [0.05, 0.1) is 12.6 Å². The van der Waals surface area contributed by atoms with Crippen LogP contribution in [0.5, 0.6) is 0 Å². The molecule has 1 rings (SSSR count). The van der Waals surface area contributed by atoms with E-state index in [1.807, 2.05) is 6.92 Å². The van der Waals surface area contributed by atoms with Gasteiger partial charge in [-0.2, -0.15) is 0 Å². The summed E-state index contributed by atoms with van der Waals surface area (Å²) in [7, 11) is 0. The van der Waals surface area contributed by atoms with Crippen molar-refractivity contribution >= 4 is 5.91 Å². The van der Waals surface area contributed by atoms with Crippen LogP contribution < -0.4 is 10.6 Å². The maximum atomic E-state index is 11.4. The van der Waals surface area contributed by atoms with E-state index >= 15 is 0 Å². The molecule has 0 spiro atoms. The quantitative estimate of drug-likeness (QED) is 0.420. The molecule has 2 atom stereocenters. The van der Waals surface area contributed by atoms with Crippen LogP contribution in [-0.2, 0) is 9.53 Å². The minimum Gasteiger partial charge on any atom is -0.385 e. The Bertz CT molecular complexity index is 258. The molecule has 1 aliphatic rings. The zero-order chi connectivity index (χ0) is 12.0. The van der Waals surface area contributed by atoms with Crippen molar-refractivity contribution in [3.05, 3.63) is 12.7 Å². The zero-order valence-electron chi connectivity index (χ0n) is 9.66. The molecule has 0 aromatic heterocycles. The first-order chi connectivity index (χ1) is 7.58. The molecule has 1 amide bonds. The van der Waals surface area contributed by atoms with Gasteiger partial charge in [-0.15, -0.1) is 6.58 Å². The van der Waals surface area contributed by atoms with Crippen LogP contribution >= 0.6 is 0 Å². The number of carbonyl (C=O) groups is 1. The van der Waals surface area contributed by atoms with Gasteiger partial charge in [-0.05, 0) is 6.92 Å². The van der Waals surface area contributed by atoms with Crippen molar-refractivity contribution in [2.45, 2.75) is 25.0 Å². The Morgan fingerprint density at radius 1 is 1.75 bits per heavy atom. The number of rotatable bonds is 6. The number of nitrogens with one attached hydrogen (secondary N) is 2. The standard InChI is InChI=1S/C11H20N2O3/c1-3-5-12-7-10(14)13-8-11(15)4-6-16-9(11)2/h3,9,12,15H,1,4-8H2,2H3,(H,13,14). The van der Waals surface area contributed by atoms with Crippen LogP contribution in [0.4, 0.5) is 0 Å². The van der Waals surface area contributed by atoms with E-state index in [2.05, 4.69) is 17.2 Å². The van der Waals surface area contributed by atoms with Crippen molar-refractivity contribution in [1.82, 2.24) is 10.6 Å². The second-order valence-electron chi connectivity index (χ2n) is 4.06.